The molecule has 1 aliphatic heterocycles. The Morgan fingerprint density at radius 3 is 2.63 bits per heavy atom. The number of piperidine rings is 1. The highest BCUT2D eigenvalue weighted by Gasteiger charge is 2.28. The molecular formula is C14H21N3OS. The summed E-state index contributed by atoms with van der Waals surface area (Å²) >= 11 is 1.75. The summed E-state index contributed by atoms with van der Waals surface area (Å²) < 4.78 is 0. The van der Waals surface area contributed by atoms with Gasteiger partial charge in [0, 0.05) is 36.1 Å². The van der Waals surface area contributed by atoms with E-state index in [-0.39, 0.29) is 5.91 Å². The molecule has 104 valence electrons. The van der Waals surface area contributed by atoms with E-state index in [2.05, 4.69) is 22.1 Å². The zero-order valence-electron chi connectivity index (χ0n) is 11.4. The molecule has 1 aromatic heterocycles. The second-order valence-corrected chi connectivity index (χ2v) is 6.86. The first-order valence-corrected chi connectivity index (χ1v) is 8.02. The van der Waals surface area contributed by atoms with E-state index in [0.29, 0.717) is 12.0 Å². The minimum atomic E-state index is 0.287. The third-order valence-corrected chi connectivity index (χ3v) is 5.17. The Balaban J connectivity index is 1.47. The fraction of sp³-hybridized carbons (Fsp3) is 0.714. The molecule has 1 saturated heterocycles. The van der Waals surface area contributed by atoms with Crippen LogP contribution in [0, 0.1) is 12.8 Å². The molecule has 2 aliphatic rings. The van der Waals surface area contributed by atoms with Gasteiger partial charge in [-0.2, -0.15) is 0 Å². The average molecular weight is 279 g/mol. The van der Waals surface area contributed by atoms with Crippen molar-refractivity contribution in [2.75, 3.05) is 18.0 Å². The molecule has 0 atom stereocenters. The summed E-state index contributed by atoms with van der Waals surface area (Å²) in [6.45, 7) is 4.10. The van der Waals surface area contributed by atoms with Gasteiger partial charge in [0.15, 0.2) is 5.13 Å². The van der Waals surface area contributed by atoms with E-state index in [4.69, 9.17) is 0 Å². The topological polar surface area (TPSA) is 45.2 Å². The molecule has 1 saturated carbocycles. The predicted octanol–water partition coefficient (Wildman–Crippen LogP) is 2.34. The van der Waals surface area contributed by atoms with Crippen LogP contribution < -0.4 is 10.2 Å². The molecule has 2 fully saturated rings. The molecule has 1 N–H and O–H groups in total. The van der Waals surface area contributed by atoms with Crippen LogP contribution in [0.25, 0.3) is 0 Å². The number of aromatic nitrogens is 1. The zero-order chi connectivity index (χ0) is 13.2. The van der Waals surface area contributed by atoms with Crippen molar-refractivity contribution >= 4 is 22.4 Å². The number of aryl methyl sites for hydroxylation is 1. The first kappa shape index (κ1) is 12.9. The Kier molecular flexibility index (Phi) is 3.73. The van der Waals surface area contributed by atoms with Gasteiger partial charge in [-0.05, 0) is 32.6 Å². The summed E-state index contributed by atoms with van der Waals surface area (Å²) in [5.74, 6) is 0.592. The molecule has 0 bridgehead atoms. The zero-order valence-corrected chi connectivity index (χ0v) is 12.2. The van der Waals surface area contributed by atoms with Crippen molar-refractivity contribution in [3.63, 3.8) is 0 Å². The number of thiazole rings is 1. The summed E-state index contributed by atoms with van der Waals surface area (Å²) in [6, 6.07) is 0.366. The number of anilines is 1. The maximum Gasteiger partial charge on any atom is 0.223 e. The Morgan fingerprint density at radius 2 is 2.11 bits per heavy atom. The van der Waals surface area contributed by atoms with Gasteiger partial charge >= 0.3 is 0 Å². The summed E-state index contributed by atoms with van der Waals surface area (Å²) in [4.78, 5) is 19.9. The Hall–Kier alpha value is -1.10. The second kappa shape index (κ2) is 5.49. The standard InChI is InChI=1S/C14H21N3OS/c1-10-9-15-14(19-10)17-7-5-12(6-8-17)16-13(18)11-3-2-4-11/h9,11-12H,2-8H2,1H3,(H,16,18). The molecule has 5 heteroatoms. The monoisotopic (exact) mass is 279 g/mol. The van der Waals surface area contributed by atoms with Gasteiger partial charge in [0.05, 0.1) is 0 Å². The summed E-state index contributed by atoms with van der Waals surface area (Å²) in [5, 5.41) is 4.34. The number of rotatable bonds is 3. The summed E-state index contributed by atoms with van der Waals surface area (Å²) in [7, 11) is 0. The van der Waals surface area contributed by atoms with Crippen molar-refractivity contribution in [3.05, 3.63) is 11.1 Å². The lowest BCUT2D eigenvalue weighted by Crippen LogP contribution is -2.47. The van der Waals surface area contributed by atoms with Crippen molar-refractivity contribution in [1.82, 2.24) is 10.3 Å². The lowest BCUT2D eigenvalue weighted by Gasteiger charge is -2.34. The second-order valence-electron chi connectivity index (χ2n) is 5.65. The maximum absolute atomic E-state index is 11.9. The van der Waals surface area contributed by atoms with Crippen LogP contribution >= 0.6 is 11.3 Å². The summed E-state index contributed by atoms with van der Waals surface area (Å²) in [5.41, 5.74) is 0. The van der Waals surface area contributed by atoms with E-state index in [1.807, 2.05) is 6.20 Å². The quantitative estimate of drug-likeness (QED) is 0.923. The van der Waals surface area contributed by atoms with E-state index in [0.717, 1.165) is 43.9 Å². The normalized spacial score (nSPS) is 21.2. The van der Waals surface area contributed by atoms with E-state index >= 15 is 0 Å². The molecule has 1 aliphatic carbocycles. The van der Waals surface area contributed by atoms with Gasteiger partial charge in [-0.25, -0.2) is 4.98 Å². The molecule has 19 heavy (non-hydrogen) atoms. The average Bonchev–Trinajstić information content (AvgIpc) is 2.74. The molecular weight excluding hydrogens is 258 g/mol. The molecule has 0 radical (unpaired) electrons. The van der Waals surface area contributed by atoms with Crippen molar-refractivity contribution in [2.45, 2.75) is 45.1 Å². The first-order valence-electron chi connectivity index (χ1n) is 7.20. The number of carbonyl (C=O) groups excluding carboxylic acids is 1. The number of nitrogens with one attached hydrogen (secondary N) is 1. The van der Waals surface area contributed by atoms with Crippen LogP contribution in [0.2, 0.25) is 0 Å². The number of amides is 1. The van der Waals surface area contributed by atoms with Crippen LogP contribution in [0.5, 0.6) is 0 Å². The summed E-state index contributed by atoms with van der Waals surface area (Å²) in [6.07, 6.45) is 7.41. The van der Waals surface area contributed by atoms with Crippen LogP contribution in [-0.2, 0) is 4.79 Å². The van der Waals surface area contributed by atoms with E-state index in [9.17, 15) is 4.79 Å². The number of hydrogen-bond acceptors (Lipinski definition) is 4. The SMILES string of the molecule is Cc1cnc(N2CCC(NC(=O)C3CCC3)CC2)s1. The van der Waals surface area contributed by atoms with Gasteiger partial charge < -0.3 is 10.2 Å². The van der Waals surface area contributed by atoms with Gasteiger partial charge in [0.2, 0.25) is 5.91 Å². The molecule has 3 rings (SSSR count). The van der Waals surface area contributed by atoms with Gasteiger partial charge in [-0.3, -0.25) is 4.79 Å². The highest BCUT2D eigenvalue weighted by molar-refractivity contribution is 7.15. The highest BCUT2D eigenvalue weighted by atomic mass is 32.1. The highest BCUT2D eigenvalue weighted by Crippen LogP contribution is 2.28. The van der Waals surface area contributed by atoms with Crippen molar-refractivity contribution in [3.8, 4) is 0 Å². The van der Waals surface area contributed by atoms with Crippen LogP contribution in [-0.4, -0.2) is 30.0 Å². The van der Waals surface area contributed by atoms with Crippen molar-refractivity contribution in [1.29, 1.82) is 0 Å². The van der Waals surface area contributed by atoms with Crippen LogP contribution in [0.15, 0.2) is 6.20 Å². The first-order chi connectivity index (χ1) is 9.22. The lowest BCUT2D eigenvalue weighted by molar-refractivity contribution is -0.128. The third kappa shape index (κ3) is 2.91. The molecule has 2 heterocycles. The van der Waals surface area contributed by atoms with E-state index in [1.165, 1.54) is 11.3 Å². The van der Waals surface area contributed by atoms with Crippen LogP contribution in [0.4, 0.5) is 5.13 Å². The lowest BCUT2D eigenvalue weighted by atomic mass is 9.84. The van der Waals surface area contributed by atoms with Gasteiger partial charge in [0.1, 0.15) is 0 Å². The minimum Gasteiger partial charge on any atom is -0.353 e. The molecule has 0 unspecified atom stereocenters. The predicted molar refractivity (Wildman–Crippen MR) is 77.6 cm³/mol. The maximum atomic E-state index is 11.9. The smallest absolute Gasteiger partial charge is 0.223 e. The van der Waals surface area contributed by atoms with Crippen molar-refractivity contribution in [2.24, 2.45) is 5.92 Å². The molecule has 0 spiro atoms. The largest absolute Gasteiger partial charge is 0.353 e. The fourth-order valence-corrected chi connectivity index (χ4v) is 3.50. The number of nitrogens with zero attached hydrogens (tertiary/aromatic N) is 2. The Morgan fingerprint density at radius 1 is 1.37 bits per heavy atom. The molecule has 4 nitrogen and oxygen atoms in total. The molecule has 0 aromatic carbocycles. The molecule has 1 aromatic rings. The van der Waals surface area contributed by atoms with Crippen LogP contribution in [0.1, 0.15) is 37.0 Å². The van der Waals surface area contributed by atoms with Gasteiger partial charge in [0.25, 0.3) is 0 Å². The minimum absolute atomic E-state index is 0.287. The van der Waals surface area contributed by atoms with E-state index < -0.39 is 0 Å². The molecule has 1 amide bonds. The van der Waals surface area contributed by atoms with E-state index in [1.54, 1.807) is 11.3 Å². The van der Waals surface area contributed by atoms with Crippen molar-refractivity contribution < 1.29 is 4.79 Å². The number of carbonyl (C=O) groups is 1. The van der Waals surface area contributed by atoms with Crippen LogP contribution in [0.3, 0.4) is 0 Å². The Bertz CT molecular complexity index is 447. The number of hydrogen-bond donors (Lipinski definition) is 1. The third-order valence-electron chi connectivity index (χ3n) is 4.20. The Labute approximate surface area is 118 Å². The van der Waals surface area contributed by atoms with Gasteiger partial charge in [-0.1, -0.05) is 6.42 Å². The van der Waals surface area contributed by atoms with Gasteiger partial charge in [-0.15, -0.1) is 11.3 Å². The fourth-order valence-electron chi connectivity index (χ4n) is 2.69.